The van der Waals surface area contributed by atoms with Crippen molar-refractivity contribution in [2.24, 2.45) is 0 Å². The first-order valence-corrected chi connectivity index (χ1v) is 5.49. The average molecular weight is 288 g/mol. The van der Waals surface area contributed by atoms with Crippen molar-refractivity contribution in [1.82, 2.24) is 0 Å². The summed E-state index contributed by atoms with van der Waals surface area (Å²) in [6.45, 7) is 0. The van der Waals surface area contributed by atoms with Gasteiger partial charge in [0.2, 0.25) is 0 Å². The van der Waals surface area contributed by atoms with Gasteiger partial charge >= 0.3 is 5.97 Å². The summed E-state index contributed by atoms with van der Waals surface area (Å²) in [5, 5.41) is 9.63. The molecule has 1 N–H and O–H groups in total. The Bertz CT molecular complexity index is 393. The van der Waals surface area contributed by atoms with Crippen LogP contribution in [0.25, 0.3) is 0 Å². The minimum atomic E-state index is -1.24. The highest BCUT2D eigenvalue weighted by Crippen LogP contribution is 2.28. The van der Waals surface area contributed by atoms with Gasteiger partial charge in [0.1, 0.15) is 0 Å². The van der Waals surface area contributed by atoms with Crippen LogP contribution in [0.15, 0.2) is 22.7 Å². The van der Waals surface area contributed by atoms with Gasteiger partial charge in [-0.05, 0) is 33.6 Å². The van der Waals surface area contributed by atoms with E-state index in [9.17, 15) is 9.90 Å². The van der Waals surface area contributed by atoms with Gasteiger partial charge in [0, 0.05) is 18.6 Å². The molecule has 1 aromatic carbocycles. The van der Waals surface area contributed by atoms with Crippen LogP contribution in [-0.4, -0.2) is 32.3 Å². The predicted octanol–water partition coefficient (Wildman–Crippen LogP) is 1.72. The van der Waals surface area contributed by atoms with Gasteiger partial charge in [-0.2, -0.15) is 0 Å². The monoisotopic (exact) mass is 287 g/mol. The van der Waals surface area contributed by atoms with Crippen LogP contribution in [0.5, 0.6) is 0 Å². The normalized spacial score (nSPS) is 12.1. The highest BCUT2D eigenvalue weighted by molar-refractivity contribution is 9.10. The number of halogens is 1. The van der Waals surface area contributed by atoms with Gasteiger partial charge in [-0.15, -0.1) is 0 Å². The molecule has 88 valence electrons. The van der Waals surface area contributed by atoms with E-state index in [1.54, 1.807) is 12.1 Å². The number of esters is 1. The van der Waals surface area contributed by atoms with Crippen LogP contribution < -0.4 is 4.90 Å². The Kier molecular flexibility index (Phi) is 4.32. The van der Waals surface area contributed by atoms with Crippen LogP contribution in [0.3, 0.4) is 0 Å². The van der Waals surface area contributed by atoms with Crippen LogP contribution >= 0.6 is 15.9 Å². The third-order valence-electron chi connectivity index (χ3n) is 2.19. The lowest BCUT2D eigenvalue weighted by Gasteiger charge is -2.16. The molecule has 0 amide bonds. The number of benzene rings is 1. The summed E-state index contributed by atoms with van der Waals surface area (Å²) in [4.78, 5) is 13.1. The van der Waals surface area contributed by atoms with Crippen molar-refractivity contribution in [3.63, 3.8) is 0 Å². The van der Waals surface area contributed by atoms with Crippen LogP contribution in [0, 0.1) is 0 Å². The standard InChI is InChI=1S/C11H14BrNO3/c1-13(2)9-5-4-7(6-8(9)12)10(14)11(15)16-3/h4-6,10,14H,1-3H3. The summed E-state index contributed by atoms with van der Waals surface area (Å²) in [7, 11) is 5.07. The molecule has 4 nitrogen and oxygen atoms in total. The Morgan fingerprint density at radius 1 is 1.50 bits per heavy atom. The number of carbonyl (C=O) groups excluding carboxylic acids is 1. The van der Waals surface area contributed by atoms with Crippen LogP contribution in [0.2, 0.25) is 0 Å². The smallest absolute Gasteiger partial charge is 0.339 e. The Morgan fingerprint density at radius 2 is 2.12 bits per heavy atom. The fraction of sp³-hybridized carbons (Fsp3) is 0.364. The van der Waals surface area contributed by atoms with E-state index in [1.165, 1.54) is 7.11 Å². The van der Waals surface area contributed by atoms with Crippen molar-refractivity contribution in [2.45, 2.75) is 6.10 Å². The number of nitrogens with zero attached hydrogens (tertiary/aromatic N) is 1. The summed E-state index contributed by atoms with van der Waals surface area (Å²) in [6.07, 6.45) is -1.24. The molecule has 0 radical (unpaired) electrons. The fourth-order valence-electron chi connectivity index (χ4n) is 1.30. The molecule has 0 spiro atoms. The third-order valence-corrected chi connectivity index (χ3v) is 2.83. The minimum absolute atomic E-state index is 0.504. The van der Waals surface area contributed by atoms with Gasteiger partial charge in [-0.1, -0.05) is 6.07 Å². The number of anilines is 1. The molecule has 0 aliphatic heterocycles. The quantitative estimate of drug-likeness (QED) is 0.860. The second-order valence-electron chi connectivity index (χ2n) is 3.53. The topological polar surface area (TPSA) is 49.8 Å². The molecular weight excluding hydrogens is 274 g/mol. The summed E-state index contributed by atoms with van der Waals surface area (Å²) in [5.41, 5.74) is 1.48. The molecule has 16 heavy (non-hydrogen) atoms. The van der Waals surface area contributed by atoms with E-state index >= 15 is 0 Å². The Labute approximate surface area is 103 Å². The van der Waals surface area contributed by atoms with E-state index in [0.717, 1.165) is 10.2 Å². The number of hydrogen-bond acceptors (Lipinski definition) is 4. The molecule has 0 fully saturated rings. The highest BCUT2D eigenvalue weighted by Gasteiger charge is 2.18. The van der Waals surface area contributed by atoms with E-state index < -0.39 is 12.1 Å². The van der Waals surface area contributed by atoms with Gasteiger partial charge in [-0.3, -0.25) is 0 Å². The summed E-state index contributed by atoms with van der Waals surface area (Å²) >= 11 is 3.38. The first-order chi connectivity index (χ1) is 7.47. The van der Waals surface area contributed by atoms with Gasteiger partial charge in [0.25, 0.3) is 0 Å². The van der Waals surface area contributed by atoms with E-state index in [-0.39, 0.29) is 0 Å². The Balaban J connectivity index is 3.01. The number of rotatable bonds is 3. The Hall–Kier alpha value is -1.07. The van der Waals surface area contributed by atoms with E-state index in [4.69, 9.17) is 0 Å². The molecule has 1 atom stereocenters. The molecule has 1 rings (SSSR count). The number of methoxy groups -OCH3 is 1. The molecule has 0 heterocycles. The molecule has 0 aromatic heterocycles. The van der Waals surface area contributed by atoms with E-state index in [1.807, 2.05) is 25.1 Å². The lowest BCUT2D eigenvalue weighted by molar-refractivity contribution is -0.150. The maximum Gasteiger partial charge on any atom is 0.339 e. The molecule has 0 saturated heterocycles. The first-order valence-electron chi connectivity index (χ1n) is 4.70. The average Bonchev–Trinajstić information content (AvgIpc) is 2.26. The zero-order chi connectivity index (χ0) is 12.3. The van der Waals surface area contributed by atoms with Crippen molar-refractivity contribution in [2.75, 3.05) is 26.1 Å². The summed E-state index contributed by atoms with van der Waals surface area (Å²) in [6, 6.07) is 5.23. The van der Waals surface area contributed by atoms with Crippen molar-refractivity contribution in [3.8, 4) is 0 Å². The third kappa shape index (κ3) is 2.74. The van der Waals surface area contributed by atoms with Gasteiger partial charge in [0.15, 0.2) is 6.10 Å². The van der Waals surface area contributed by atoms with E-state index in [0.29, 0.717) is 5.56 Å². The molecule has 0 aliphatic carbocycles. The second-order valence-corrected chi connectivity index (χ2v) is 4.39. The van der Waals surface area contributed by atoms with Crippen LogP contribution in [0.4, 0.5) is 5.69 Å². The summed E-state index contributed by atoms with van der Waals surface area (Å²) in [5.74, 6) is -0.662. The molecular formula is C11H14BrNO3. The maximum absolute atomic E-state index is 11.1. The number of carbonyl (C=O) groups is 1. The van der Waals surface area contributed by atoms with Crippen LogP contribution in [-0.2, 0) is 9.53 Å². The minimum Gasteiger partial charge on any atom is -0.467 e. The summed E-state index contributed by atoms with van der Waals surface area (Å²) < 4.78 is 5.29. The lowest BCUT2D eigenvalue weighted by Crippen LogP contribution is -2.14. The van der Waals surface area contributed by atoms with Crippen molar-refractivity contribution in [1.29, 1.82) is 0 Å². The second kappa shape index (κ2) is 5.32. The van der Waals surface area contributed by atoms with Crippen molar-refractivity contribution >= 4 is 27.6 Å². The van der Waals surface area contributed by atoms with Crippen molar-refractivity contribution in [3.05, 3.63) is 28.2 Å². The van der Waals surface area contributed by atoms with Gasteiger partial charge < -0.3 is 14.7 Å². The molecule has 0 saturated carbocycles. The fourth-order valence-corrected chi connectivity index (χ4v) is 2.05. The highest BCUT2D eigenvalue weighted by atomic mass is 79.9. The van der Waals surface area contributed by atoms with Gasteiger partial charge in [0.05, 0.1) is 12.8 Å². The van der Waals surface area contributed by atoms with Gasteiger partial charge in [-0.25, -0.2) is 4.79 Å². The Morgan fingerprint density at radius 3 is 2.56 bits per heavy atom. The largest absolute Gasteiger partial charge is 0.467 e. The van der Waals surface area contributed by atoms with Crippen LogP contribution in [0.1, 0.15) is 11.7 Å². The van der Waals surface area contributed by atoms with E-state index in [2.05, 4.69) is 20.7 Å². The zero-order valence-electron chi connectivity index (χ0n) is 9.40. The lowest BCUT2D eigenvalue weighted by atomic mass is 10.1. The molecule has 0 aliphatic rings. The number of aliphatic hydroxyl groups excluding tert-OH is 1. The number of aliphatic hydroxyl groups is 1. The molecule has 5 heteroatoms. The predicted molar refractivity (Wildman–Crippen MR) is 65.4 cm³/mol. The maximum atomic E-state index is 11.1. The number of hydrogen-bond donors (Lipinski definition) is 1. The molecule has 1 aromatic rings. The number of ether oxygens (including phenoxy) is 1. The van der Waals surface area contributed by atoms with Crippen molar-refractivity contribution < 1.29 is 14.6 Å². The molecule has 1 unspecified atom stereocenters. The SMILES string of the molecule is COC(=O)C(O)c1ccc(N(C)C)c(Br)c1. The first kappa shape index (κ1) is 13.0. The molecule has 0 bridgehead atoms. The zero-order valence-corrected chi connectivity index (χ0v) is 11.0.